The summed E-state index contributed by atoms with van der Waals surface area (Å²) in [6.07, 6.45) is 1.12. The van der Waals surface area contributed by atoms with E-state index in [0.717, 1.165) is 23.7 Å². The molecular formula is C16H18Cl2N2. The number of halogens is 2. The normalized spacial score (nSPS) is 20.1. The molecule has 0 saturated heterocycles. The van der Waals surface area contributed by atoms with Crippen molar-refractivity contribution < 1.29 is 0 Å². The summed E-state index contributed by atoms with van der Waals surface area (Å²) in [7, 11) is 0. The van der Waals surface area contributed by atoms with Gasteiger partial charge >= 0.3 is 0 Å². The lowest BCUT2D eigenvalue weighted by Gasteiger charge is -2.08. The van der Waals surface area contributed by atoms with Crippen LogP contribution in [0.15, 0.2) is 48.5 Å². The number of rotatable bonds is 4. The summed E-state index contributed by atoms with van der Waals surface area (Å²) >= 11 is 5.96. The van der Waals surface area contributed by atoms with Crippen molar-refractivity contribution in [3.05, 3.63) is 64.7 Å². The third-order valence-corrected chi connectivity index (χ3v) is 3.80. The molecule has 20 heavy (non-hydrogen) atoms. The highest BCUT2D eigenvalue weighted by Crippen LogP contribution is 2.39. The minimum absolute atomic E-state index is 0. The zero-order valence-corrected chi connectivity index (χ0v) is 12.6. The first-order valence-electron chi connectivity index (χ1n) is 6.56. The Labute approximate surface area is 130 Å². The van der Waals surface area contributed by atoms with Crippen molar-refractivity contribution in [2.24, 2.45) is 5.73 Å². The summed E-state index contributed by atoms with van der Waals surface area (Å²) in [5, 5.41) is 4.17. The van der Waals surface area contributed by atoms with E-state index in [1.807, 2.05) is 18.2 Å². The molecule has 3 rings (SSSR count). The van der Waals surface area contributed by atoms with Gasteiger partial charge in [-0.15, -0.1) is 12.4 Å². The first kappa shape index (κ1) is 15.2. The van der Waals surface area contributed by atoms with E-state index in [2.05, 4.69) is 35.6 Å². The van der Waals surface area contributed by atoms with E-state index in [9.17, 15) is 0 Å². The quantitative estimate of drug-likeness (QED) is 0.889. The highest BCUT2D eigenvalue weighted by Gasteiger charge is 2.34. The van der Waals surface area contributed by atoms with Crippen molar-refractivity contribution in [1.82, 2.24) is 0 Å². The fraction of sp³-hybridized carbons (Fsp3) is 0.250. The average molecular weight is 309 g/mol. The molecule has 106 valence electrons. The number of nitrogens with one attached hydrogen (secondary N) is 1. The minimum atomic E-state index is 0. The summed E-state index contributed by atoms with van der Waals surface area (Å²) in [5.74, 6) is 0.571. The lowest BCUT2D eigenvalue weighted by molar-refractivity contribution is 0.990. The van der Waals surface area contributed by atoms with Crippen LogP contribution < -0.4 is 11.1 Å². The van der Waals surface area contributed by atoms with E-state index in [1.54, 1.807) is 0 Å². The van der Waals surface area contributed by atoms with E-state index in [4.69, 9.17) is 17.3 Å². The highest BCUT2D eigenvalue weighted by molar-refractivity contribution is 6.30. The Kier molecular flexibility index (Phi) is 4.92. The number of benzene rings is 2. The maximum atomic E-state index is 5.96. The maximum absolute atomic E-state index is 5.96. The van der Waals surface area contributed by atoms with Crippen LogP contribution in [-0.4, -0.2) is 6.04 Å². The van der Waals surface area contributed by atoms with Gasteiger partial charge in [0.05, 0.1) is 0 Å². The summed E-state index contributed by atoms with van der Waals surface area (Å²) in [6, 6.07) is 16.8. The molecule has 2 atom stereocenters. The van der Waals surface area contributed by atoms with Crippen LogP contribution in [0.3, 0.4) is 0 Å². The molecule has 0 aromatic heterocycles. The van der Waals surface area contributed by atoms with Gasteiger partial charge in [-0.1, -0.05) is 35.9 Å². The third-order valence-electron chi connectivity index (χ3n) is 3.56. The maximum Gasteiger partial charge on any atom is 0.0409 e. The molecule has 4 heteroatoms. The molecule has 2 aromatic carbocycles. The van der Waals surface area contributed by atoms with Gasteiger partial charge in [-0.05, 0) is 41.8 Å². The molecule has 1 saturated carbocycles. The average Bonchev–Trinajstić information content (AvgIpc) is 3.14. The largest absolute Gasteiger partial charge is 0.381 e. The molecule has 2 nitrogen and oxygen atoms in total. The summed E-state index contributed by atoms with van der Waals surface area (Å²) in [6.45, 7) is 0.781. The Morgan fingerprint density at radius 2 is 1.85 bits per heavy atom. The van der Waals surface area contributed by atoms with Crippen molar-refractivity contribution in [3.63, 3.8) is 0 Å². The minimum Gasteiger partial charge on any atom is -0.381 e. The second kappa shape index (κ2) is 6.49. The van der Waals surface area contributed by atoms with Gasteiger partial charge in [-0.3, -0.25) is 0 Å². The van der Waals surface area contributed by atoms with Gasteiger partial charge in [0.1, 0.15) is 0 Å². The van der Waals surface area contributed by atoms with Crippen LogP contribution in [0, 0.1) is 0 Å². The predicted octanol–water partition coefficient (Wildman–Crippen LogP) is 4.19. The van der Waals surface area contributed by atoms with E-state index in [0.29, 0.717) is 12.0 Å². The van der Waals surface area contributed by atoms with Gasteiger partial charge in [0.25, 0.3) is 0 Å². The number of nitrogens with two attached hydrogens (primary N) is 1. The summed E-state index contributed by atoms with van der Waals surface area (Å²) < 4.78 is 0. The number of anilines is 1. The molecule has 0 aliphatic heterocycles. The van der Waals surface area contributed by atoms with Crippen LogP contribution in [0.1, 0.15) is 23.5 Å². The molecule has 0 radical (unpaired) electrons. The van der Waals surface area contributed by atoms with Crippen LogP contribution >= 0.6 is 24.0 Å². The molecule has 3 N–H and O–H groups in total. The van der Waals surface area contributed by atoms with Crippen LogP contribution in [-0.2, 0) is 6.54 Å². The smallest absolute Gasteiger partial charge is 0.0409 e. The molecule has 0 heterocycles. The van der Waals surface area contributed by atoms with Gasteiger partial charge < -0.3 is 11.1 Å². The van der Waals surface area contributed by atoms with Crippen LogP contribution in [0.25, 0.3) is 0 Å². The van der Waals surface area contributed by atoms with Gasteiger partial charge in [-0.2, -0.15) is 0 Å². The fourth-order valence-electron chi connectivity index (χ4n) is 2.30. The Bertz CT molecular complexity index is 569. The second-order valence-electron chi connectivity index (χ2n) is 5.11. The Morgan fingerprint density at radius 1 is 1.15 bits per heavy atom. The summed E-state index contributed by atoms with van der Waals surface area (Å²) in [5.41, 5.74) is 9.51. The molecule has 2 aromatic rings. The zero-order chi connectivity index (χ0) is 13.2. The van der Waals surface area contributed by atoms with Crippen molar-refractivity contribution in [2.45, 2.75) is 24.9 Å². The van der Waals surface area contributed by atoms with Crippen LogP contribution in [0.5, 0.6) is 0 Å². The zero-order valence-electron chi connectivity index (χ0n) is 11.1. The van der Waals surface area contributed by atoms with Gasteiger partial charge in [0, 0.05) is 29.2 Å². The fourth-order valence-corrected chi connectivity index (χ4v) is 2.51. The topological polar surface area (TPSA) is 38.0 Å². The lowest BCUT2D eigenvalue weighted by atomic mass is 10.1. The number of hydrogen-bond donors (Lipinski definition) is 2. The van der Waals surface area contributed by atoms with Crippen molar-refractivity contribution in [3.8, 4) is 0 Å². The molecule has 1 aliphatic carbocycles. The van der Waals surface area contributed by atoms with E-state index < -0.39 is 0 Å². The Balaban J connectivity index is 0.00000147. The van der Waals surface area contributed by atoms with Crippen molar-refractivity contribution >= 4 is 29.7 Å². The number of hydrogen-bond acceptors (Lipinski definition) is 2. The first-order chi connectivity index (χ1) is 9.22. The van der Waals surface area contributed by atoms with E-state index in [1.165, 1.54) is 11.1 Å². The Morgan fingerprint density at radius 3 is 2.45 bits per heavy atom. The van der Waals surface area contributed by atoms with E-state index in [-0.39, 0.29) is 12.4 Å². The molecule has 0 spiro atoms. The molecule has 1 aliphatic rings. The first-order valence-corrected chi connectivity index (χ1v) is 6.94. The van der Waals surface area contributed by atoms with Gasteiger partial charge in [0.15, 0.2) is 0 Å². The monoisotopic (exact) mass is 308 g/mol. The van der Waals surface area contributed by atoms with Crippen molar-refractivity contribution in [1.29, 1.82) is 0 Å². The summed E-state index contributed by atoms with van der Waals surface area (Å²) in [4.78, 5) is 0. The molecule has 0 unspecified atom stereocenters. The third kappa shape index (κ3) is 3.66. The van der Waals surface area contributed by atoms with Crippen LogP contribution in [0.4, 0.5) is 5.69 Å². The molecule has 0 bridgehead atoms. The van der Waals surface area contributed by atoms with Crippen LogP contribution in [0.2, 0.25) is 5.02 Å². The van der Waals surface area contributed by atoms with Gasteiger partial charge in [0.2, 0.25) is 0 Å². The van der Waals surface area contributed by atoms with E-state index >= 15 is 0 Å². The molecule has 1 fully saturated rings. The Hall–Kier alpha value is -1.22. The SMILES string of the molecule is Cl.N[C@H]1C[C@@H]1c1ccc(NCc2cccc(Cl)c2)cc1. The molecule has 0 amide bonds. The predicted molar refractivity (Wildman–Crippen MR) is 87.8 cm³/mol. The lowest BCUT2D eigenvalue weighted by Crippen LogP contribution is -2.01. The van der Waals surface area contributed by atoms with Gasteiger partial charge in [-0.25, -0.2) is 0 Å². The molecular weight excluding hydrogens is 291 g/mol. The van der Waals surface area contributed by atoms with Crippen molar-refractivity contribution in [2.75, 3.05) is 5.32 Å². The second-order valence-corrected chi connectivity index (χ2v) is 5.55. The highest BCUT2D eigenvalue weighted by atomic mass is 35.5. The standard InChI is InChI=1S/C16H17ClN2.ClH/c17-13-3-1-2-11(8-13)10-19-14-6-4-12(5-7-14)15-9-16(15)18;/h1-8,15-16,19H,9-10,18H2;1H/t15-,16+;/m1./s1.